The lowest BCUT2D eigenvalue weighted by atomic mass is 10.1. The quantitative estimate of drug-likeness (QED) is 0.302. The molecular formula is C29H30BrN3O3. The summed E-state index contributed by atoms with van der Waals surface area (Å²) in [5, 5.41) is 11.2. The minimum absolute atomic E-state index is 0.105. The number of anilines is 1. The largest absolute Gasteiger partial charge is 0.507 e. The number of rotatable bonds is 7. The summed E-state index contributed by atoms with van der Waals surface area (Å²) in [6.07, 6.45) is 0. The lowest BCUT2D eigenvalue weighted by molar-refractivity contribution is 0.0525. The summed E-state index contributed by atoms with van der Waals surface area (Å²) in [4.78, 5) is 18.1. The van der Waals surface area contributed by atoms with Gasteiger partial charge in [0.25, 0.3) is 0 Å². The fourth-order valence-electron chi connectivity index (χ4n) is 4.97. The van der Waals surface area contributed by atoms with E-state index in [-0.39, 0.29) is 11.7 Å². The molecule has 5 rings (SSSR count). The molecule has 0 bridgehead atoms. The third kappa shape index (κ3) is 4.99. The van der Waals surface area contributed by atoms with Crippen LogP contribution in [0.25, 0.3) is 10.9 Å². The fourth-order valence-corrected chi connectivity index (χ4v) is 5.30. The molecule has 1 aromatic heterocycles. The van der Waals surface area contributed by atoms with Gasteiger partial charge in [-0.3, -0.25) is 4.90 Å². The Labute approximate surface area is 219 Å². The third-order valence-corrected chi connectivity index (χ3v) is 7.40. The molecule has 0 atom stereocenters. The highest BCUT2D eigenvalue weighted by Gasteiger charge is 2.27. The second kappa shape index (κ2) is 10.8. The average molecular weight is 548 g/mol. The maximum Gasteiger partial charge on any atom is 0.340 e. The normalized spacial score (nSPS) is 14.3. The molecule has 0 amide bonds. The number of nitrogens with zero attached hydrogens (tertiary/aromatic N) is 3. The van der Waals surface area contributed by atoms with Crippen molar-refractivity contribution in [3.05, 3.63) is 94.1 Å². The molecule has 2 heterocycles. The van der Waals surface area contributed by atoms with Crippen LogP contribution in [-0.2, 0) is 17.8 Å². The molecule has 1 aliphatic rings. The van der Waals surface area contributed by atoms with Crippen LogP contribution in [0.15, 0.2) is 77.3 Å². The number of esters is 1. The highest BCUT2D eigenvalue weighted by atomic mass is 79.9. The van der Waals surface area contributed by atoms with Gasteiger partial charge in [0.15, 0.2) is 0 Å². The molecule has 1 N–H and O–H groups in total. The highest BCUT2D eigenvalue weighted by molar-refractivity contribution is 9.10. The molecule has 0 saturated carbocycles. The van der Waals surface area contributed by atoms with Crippen molar-refractivity contribution in [2.45, 2.75) is 20.0 Å². The number of ether oxygens (including phenoxy) is 1. The van der Waals surface area contributed by atoms with Gasteiger partial charge in [0.05, 0.1) is 22.2 Å². The van der Waals surface area contributed by atoms with Crippen molar-refractivity contribution < 1.29 is 14.6 Å². The number of hydrogen-bond donors (Lipinski definition) is 1. The van der Waals surface area contributed by atoms with E-state index < -0.39 is 0 Å². The zero-order valence-corrected chi connectivity index (χ0v) is 21.9. The van der Waals surface area contributed by atoms with Crippen molar-refractivity contribution >= 4 is 38.5 Å². The van der Waals surface area contributed by atoms with Crippen molar-refractivity contribution in [3.63, 3.8) is 0 Å². The fraction of sp³-hybridized carbons (Fsp3) is 0.276. The van der Waals surface area contributed by atoms with Crippen molar-refractivity contribution in [2.75, 3.05) is 37.7 Å². The van der Waals surface area contributed by atoms with Crippen LogP contribution < -0.4 is 4.90 Å². The maximum atomic E-state index is 13.3. The summed E-state index contributed by atoms with van der Waals surface area (Å²) >= 11 is 3.47. The zero-order valence-electron chi connectivity index (χ0n) is 20.4. The Morgan fingerprint density at radius 3 is 2.28 bits per heavy atom. The van der Waals surface area contributed by atoms with Crippen LogP contribution in [0.1, 0.15) is 28.5 Å². The first-order chi connectivity index (χ1) is 17.5. The van der Waals surface area contributed by atoms with Gasteiger partial charge < -0.3 is 19.3 Å². The molecule has 0 unspecified atom stereocenters. The number of phenolic OH excluding ortho intramolecular Hbond substituents is 1. The SMILES string of the molecule is CCOC(=O)c1c(CN2CCN(c3ccccc3)CC2)n(Cc2ccccc2)c2cc(Br)c(O)cc12. The van der Waals surface area contributed by atoms with Gasteiger partial charge >= 0.3 is 5.97 Å². The van der Waals surface area contributed by atoms with Gasteiger partial charge in [-0.25, -0.2) is 4.79 Å². The van der Waals surface area contributed by atoms with Crippen LogP contribution in [-0.4, -0.2) is 53.3 Å². The Balaban J connectivity index is 1.53. The van der Waals surface area contributed by atoms with E-state index >= 15 is 0 Å². The summed E-state index contributed by atoms with van der Waals surface area (Å²) in [5.74, 6) is -0.248. The van der Waals surface area contributed by atoms with Crippen LogP contribution >= 0.6 is 15.9 Å². The van der Waals surface area contributed by atoms with Crippen LogP contribution in [0.5, 0.6) is 5.75 Å². The van der Waals surface area contributed by atoms with Crippen LogP contribution in [0, 0.1) is 0 Å². The molecule has 0 spiro atoms. The molecule has 3 aromatic carbocycles. The standard InChI is InChI=1S/C29H30BrN3O3/c1-2-36-29(35)28-23-17-27(34)24(30)18-25(23)33(19-21-9-5-3-6-10-21)26(28)20-31-13-15-32(16-14-31)22-11-7-4-8-12-22/h3-12,17-18,34H,2,13-16,19-20H2,1H3. The number of carbonyl (C=O) groups excluding carboxylic acids is 1. The van der Waals surface area contributed by atoms with Gasteiger partial charge in [-0.1, -0.05) is 48.5 Å². The van der Waals surface area contributed by atoms with E-state index in [1.54, 1.807) is 6.07 Å². The molecular weight excluding hydrogens is 518 g/mol. The first-order valence-electron chi connectivity index (χ1n) is 12.3. The average Bonchev–Trinajstić information content (AvgIpc) is 3.17. The Kier molecular flexibility index (Phi) is 7.30. The second-order valence-corrected chi connectivity index (χ2v) is 9.89. The van der Waals surface area contributed by atoms with Gasteiger partial charge in [-0.2, -0.15) is 0 Å². The molecule has 1 fully saturated rings. The first-order valence-corrected chi connectivity index (χ1v) is 13.1. The van der Waals surface area contributed by atoms with E-state index in [4.69, 9.17) is 4.74 Å². The van der Waals surface area contributed by atoms with Crippen molar-refractivity contribution in [3.8, 4) is 5.75 Å². The topological polar surface area (TPSA) is 57.9 Å². The van der Waals surface area contributed by atoms with Crippen molar-refractivity contribution in [2.24, 2.45) is 0 Å². The van der Waals surface area contributed by atoms with E-state index in [1.807, 2.05) is 37.3 Å². The number of aromatic nitrogens is 1. The predicted octanol–water partition coefficient (Wildman–Crippen LogP) is 5.66. The summed E-state index contributed by atoms with van der Waals surface area (Å²) in [6.45, 7) is 6.97. The van der Waals surface area contributed by atoms with Gasteiger partial charge in [0.2, 0.25) is 0 Å². The lowest BCUT2D eigenvalue weighted by Crippen LogP contribution is -2.46. The van der Waals surface area contributed by atoms with E-state index in [1.165, 1.54) is 5.69 Å². The molecule has 0 aliphatic carbocycles. The number of para-hydroxylation sites is 1. The molecule has 1 saturated heterocycles. The summed E-state index contributed by atoms with van der Waals surface area (Å²) in [7, 11) is 0. The van der Waals surface area contributed by atoms with Crippen molar-refractivity contribution in [1.82, 2.24) is 9.47 Å². The number of aromatic hydroxyl groups is 1. The molecule has 0 radical (unpaired) electrons. The monoisotopic (exact) mass is 547 g/mol. The number of halogens is 1. The van der Waals surface area contributed by atoms with Gasteiger partial charge in [0, 0.05) is 56.0 Å². The van der Waals surface area contributed by atoms with Crippen LogP contribution in [0.3, 0.4) is 0 Å². The lowest BCUT2D eigenvalue weighted by Gasteiger charge is -2.36. The Morgan fingerprint density at radius 1 is 0.944 bits per heavy atom. The van der Waals surface area contributed by atoms with Crippen LogP contribution in [0.2, 0.25) is 0 Å². The number of hydrogen-bond acceptors (Lipinski definition) is 5. The number of benzene rings is 3. The van der Waals surface area contributed by atoms with E-state index in [0.717, 1.165) is 43.0 Å². The molecule has 1 aliphatic heterocycles. The Hall–Kier alpha value is -3.29. The minimum Gasteiger partial charge on any atom is -0.507 e. The second-order valence-electron chi connectivity index (χ2n) is 9.03. The van der Waals surface area contributed by atoms with Crippen molar-refractivity contribution in [1.29, 1.82) is 0 Å². The Bertz CT molecular complexity index is 1350. The molecule has 6 nitrogen and oxygen atoms in total. The number of fused-ring (bicyclic) bond motifs is 1. The highest BCUT2D eigenvalue weighted by Crippen LogP contribution is 2.36. The number of carbonyl (C=O) groups is 1. The van der Waals surface area contributed by atoms with E-state index in [9.17, 15) is 9.90 Å². The molecule has 186 valence electrons. The molecule has 4 aromatic rings. The molecule has 7 heteroatoms. The first kappa shape index (κ1) is 24.4. The van der Waals surface area contributed by atoms with Crippen LogP contribution in [0.4, 0.5) is 5.69 Å². The van der Waals surface area contributed by atoms with E-state index in [0.29, 0.717) is 35.1 Å². The summed E-state index contributed by atoms with van der Waals surface area (Å²) in [5.41, 5.74) is 4.73. The minimum atomic E-state index is -0.353. The summed E-state index contributed by atoms with van der Waals surface area (Å²) < 4.78 is 8.30. The number of phenols is 1. The van der Waals surface area contributed by atoms with Gasteiger partial charge in [-0.05, 0) is 52.7 Å². The third-order valence-electron chi connectivity index (χ3n) is 6.77. The number of piperazine rings is 1. The Morgan fingerprint density at radius 2 is 1.61 bits per heavy atom. The van der Waals surface area contributed by atoms with Gasteiger partial charge in [0.1, 0.15) is 5.75 Å². The van der Waals surface area contributed by atoms with Gasteiger partial charge in [-0.15, -0.1) is 0 Å². The zero-order chi connectivity index (χ0) is 25.1. The smallest absolute Gasteiger partial charge is 0.340 e. The van der Waals surface area contributed by atoms with E-state index in [2.05, 4.69) is 66.7 Å². The maximum absolute atomic E-state index is 13.3. The molecule has 36 heavy (non-hydrogen) atoms. The summed E-state index contributed by atoms with van der Waals surface area (Å²) in [6, 6.07) is 24.3. The predicted molar refractivity (Wildman–Crippen MR) is 147 cm³/mol.